The average Bonchev–Trinajstić information content (AvgIpc) is 0.814. The molecule has 9 aliphatic rings. The van der Waals surface area contributed by atoms with Crippen LogP contribution in [0, 0.1) is 0 Å². The Morgan fingerprint density at radius 3 is 1.19 bits per heavy atom. The second-order valence-corrected chi connectivity index (χ2v) is 35.4. The number of amides is 3. The van der Waals surface area contributed by atoms with Crippen molar-refractivity contribution in [2.24, 2.45) is 0 Å². The van der Waals surface area contributed by atoms with Crippen LogP contribution in [0.3, 0.4) is 0 Å². The van der Waals surface area contributed by atoms with Gasteiger partial charge >= 0.3 is 21.1 Å². The van der Waals surface area contributed by atoms with E-state index in [9.17, 15) is 38.5 Å². The largest absolute Gasteiger partial charge is 0.495 e. The highest BCUT2D eigenvalue weighted by atomic mass is 79.9. The number of aliphatic hydroxyl groups excluding tert-OH is 3. The van der Waals surface area contributed by atoms with Gasteiger partial charge in [-0.25, -0.2) is 8.78 Å². The Labute approximate surface area is 712 Å². The first kappa shape index (κ1) is 91.6. The van der Waals surface area contributed by atoms with Gasteiger partial charge in [-0.3, -0.25) is 24.4 Å². The summed E-state index contributed by atoms with van der Waals surface area (Å²) < 4.78 is 78.6. The van der Waals surface area contributed by atoms with E-state index < -0.39 is 64.0 Å². The Morgan fingerprint density at radius 1 is 0.466 bits per heavy atom. The third-order valence-electron chi connectivity index (χ3n) is 24.8. The molecule has 3 N–H and O–H groups in total. The number of halogens is 5. The Hall–Kier alpha value is -7.16. The zero-order valence-corrected chi connectivity index (χ0v) is 72.5. The van der Waals surface area contributed by atoms with Crippen LogP contribution in [-0.2, 0) is 67.8 Å². The topological polar surface area (TPSA) is 240 Å². The van der Waals surface area contributed by atoms with Crippen LogP contribution in [-0.4, -0.2) is 230 Å². The molecule has 8 aromatic rings. The van der Waals surface area contributed by atoms with Crippen molar-refractivity contribution >= 4 is 134 Å². The maximum absolute atomic E-state index is 13.7. The van der Waals surface area contributed by atoms with E-state index >= 15 is 0 Å². The highest BCUT2D eigenvalue weighted by Crippen LogP contribution is 2.46. The molecule has 11 heterocycles. The lowest BCUT2D eigenvalue weighted by Gasteiger charge is -2.43. The molecule has 6 saturated heterocycles. The van der Waals surface area contributed by atoms with Gasteiger partial charge in [0.05, 0.1) is 155 Å². The van der Waals surface area contributed by atoms with Gasteiger partial charge in [-0.1, -0.05) is 96.2 Å². The number of hydrogen-bond donors (Lipinski definition) is 3. The van der Waals surface area contributed by atoms with E-state index in [1.807, 2.05) is 189 Å². The number of pyridine rings is 2. The summed E-state index contributed by atoms with van der Waals surface area (Å²) in [5, 5.41) is 37.5. The van der Waals surface area contributed by atoms with Crippen molar-refractivity contribution in [3.8, 4) is 0 Å². The maximum Gasteiger partial charge on any atom is 0.495 e. The Bertz CT molecular complexity index is 4850. The predicted molar refractivity (Wildman–Crippen MR) is 466 cm³/mol. The fourth-order valence-corrected chi connectivity index (χ4v) is 17.1. The highest BCUT2D eigenvalue weighted by Gasteiger charge is 2.64. The van der Waals surface area contributed by atoms with Gasteiger partial charge in [0.25, 0.3) is 17.7 Å². The summed E-state index contributed by atoms with van der Waals surface area (Å²) in [7, 11) is 4.44. The minimum absolute atomic E-state index is 0. The SMILES string of the molecule is C.CC1(C)OB(B2OC(C)(C)C(C)(C)O2)OC1(C)C.CN1CN([C@H]2CCOC[C@@H]2O)C(=O)c2cc(B3OC(C)(C)C(C)(C)O3)c3ccccc3c21.CN1CN([C@H]2CCOC[C@@H]2O)C(=O)c2cc(Br)c3ccccc3c21.CN1CN([C@H]2CCOC[C@@H]2O)C(=O)c2cc(Cc3ccnc(CF)c3)c3ccccc3c21.Cl.FCc1cc(CCl)ccn1. The molecule has 634 valence electrons. The van der Waals surface area contributed by atoms with Crippen LogP contribution in [0.4, 0.5) is 25.8 Å². The van der Waals surface area contributed by atoms with E-state index in [2.05, 4.69) is 52.7 Å². The van der Waals surface area contributed by atoms with Gasteiger partial charge in [-0.2, -0.15) is 0 Å². The van der Waals surface area contributed by atoms with Crippen LogP contribution in [0.5, 0.6) is 0 Å². The molecule has 0 spiro atoms. The van der Waals surface area contributed by atoms with Gasteiger partial charge in [0, 0.05) is 79.9 Å². The van der Waals surface area contributed by atoms with E-state index in [4.69, 9.17) is 53.7 Å². The van der Waals surface area contributed by atoms with E-state index in [1.165, 1.54) is 0 Å². The number of fused-ring (bicyclic) bond motifs is 9. The van der Waals surface area contributed by atoms with Crippen LogP contribution in [0.15, 0.2) is 132 Å². The molecular weight excluding hydrogens is 1620 g/mol. The molecule has 0 radical (unpaired) electrons. The first-order chi connectivity index (χ1) is 55.0. The van der Waals surface area contributed by atoms with Crippen molar-refractivity contribution < 1.29 is 80.6 Å². The number of ether oxygens (including phenoxy) is 3. The zero-order chi connectivity index (χ0) is 83.3. The van der Waals surface area contributed by atoms with Crippen LogP contribution in [0.2, 0.25) is 0 Å². The molecule has 6 fully saturated rings. The predicted octanol–water partition coefficient (Wildman–Crippen LogP) is 13.6. The first-order valence-corrected chi connectivity index (χ1v) is 41.1. The molecule has 23 nitrogen and oxygen atoms in total. The number of anilines is 3. The molecule has 0 saturated carbocycles. The lowest BCUT2D eigenvalue weighted by atomic mass is 9.49. The summed E-state index contributed by atoms with van der Waals surface area (Å²) in [5.74, 6) is 0.235. The number of carbonyl (C=O) groups excluding carboxylic acids is 3. The van der Waals surface area contributed by atoms with Gasteiger partial charge < -0.3 is 86.9 Å². The van der Waals surface area contributed by atoms with Gasteiger partial charge in [0.2, 0.25) is 0 Å². The van der Waals surface area contributed by atoms with E-state index in [0.717, 1.165) is 76.0 Å². The minimum Gasteiger partial charge on any atom is -0.405 e. The summed E-state index contributed by atoms with van der Waals surface area (Å²) in [6.07, 6.45) is 3.62. The quantitative estimate of drug-likeness (QED) is 0.0851. The van der Waals surface area contributed by atoms with Gasteiger partial charge in [0.15, 0.2) is 0 Å². The standard InChI is InChI=1S/C25H26FN3O3.C24H31BN2O5.C18H19BrN2O3.C12H24B2O4.C7H7ClFN.CH4.ClH/c1-28-15-29(22-7-9-32-14-23(22)30)25(31)21-12-17(10-16-6-8-27-18(11-16)13-26)19-4-2-3-5-20(19)24(21)28;1-23(2)24(3,4)32-25(31-23)18-12-17-21(16-9-7-6-8-15(16)18)26(5)14-27(22(17)29)19-10-11-30-13-20(19)28;1-20-10-21(15-6-7-24-9-16(15)22)18(23)13-8-14(19)11-4-2-3-5-12(11)17(13)20;1-9(2)10(3,4)16-13(15-9)14-17-11(5,6)12(7,8)18-14;8-4-6-1-2-10-7(3-6)5-9;;/h2-6,8,11-12,22-23,30H,7,9-10,13-15H2,1H3;6-9,12,19-20,28H,10-11,13-14H2,1-5H3;2-5,8,15-16,22H,6-7,9-10H2,1H3;1-8H3;1-3H,4-5H2;1H4;1H/t22-,23-;19-,20-;15-,16-;;;;/m000..../s1. The monoisotopic (exact) mass is 1730 g/mol. The summed E-state index contributed by atoms with van der Waals surface area (Å²) in [6, 6.07) is 36.4. The fourth-order valence-electron chi connectivity index (χ4n) is 16.3. The number of benzene rings is 6. The number of rotatable bonds is 10. The normalized spacial score (nSPS) is 23.8. The Balaban J connectivity index is 0.000000150. The molecule has 6 aromatic carbocycles. The summed E-state index contributed by atoms with van der Waals surface area (Å²) in [4.78, 5) is 59.9. The van der Waals surface area contributed by atoms with Crippen molar-refractivity contribution in [2.75, 3.05) is 95.5 Å². The van der Waals surface area contributed by atoms with Crippen molar-refractivity contribution in [1.82, 2.24) is 24.7 Å². The number of carbonyl (C=O) groups is 3. The maximum atomic E-state index is 13.7. The third kappa shape index (κ3) is 18.5. The second kappa shape index (κ2) is 36.9. The van der Waals surface area contributed by atoms with Gasteiger partial charge in [0.1, 0.15) is 13.3 Å². The first-order valence-electron chi connectivity index (χ1n) is 39.8. The number of alkyl halides is 3. The fraction of sp³-hybridized carbons (Fsp3) is 0.506. The molecular formula is C87H112B3BrCl2F2N8O15. The molecule has 17 rings (SSSR count). The van der Waals surface area contributed by atoms with Crippen molar-refractivity contribution in [3.63, 3.8) is 0 Å². The molecule has 0 unspecified atom stereocenters. The van der Waals surface area contributed by atoms with Gasteiger partial charge in [-0.05, 0) is 190 Å². The lowest BCUT2D eigenvalue weighted by molar-refractivity contribution is -0.0575. The average molecular weight is 1730 g/mol. The zero-order valence-electron chi connectivity index (χ0n) is 69.4. The van der Waals surface area contributed by atoms with E-state index in [-0.39, 0.29) is 97.9 Å². The third-order valence-corrected chi connectivity index (χ3v) is 25.7. The molecule has 0 bridgehead atoms. The Kier molecular flexibility index (Phi) is 28.6. The van der Waals surface area contributed by atoms with Crippen molar-refractivity contribution in [3.05, 3.63) is 177 Å². The lowest BCUT2D eigenvalue weighted by Crippen LogP contribution is -2.57. The van der Waals surface area contributed by atoms with Crippen LogP contribution >= 0.6 is 39.9 Å². The molecule has 31 heteroatoms. The number of aliphatic hydroxyl groups is 3. The molecule has 3 amide bonds. The summed E-state index contributed by atoms with van der Waals surface area (Å²) in [6.45, 7) is 26.9. The smallest absolute Gasteiger partial charge is 0.405 e. The van der Waals surface area contributed by atoms with Crippen LogP contribution in [0.1, 0.15) is 169 Å². The summed E-state index contributed by atoms with van der Waals surface area (Å²) >= 11 is 9.10. The van der Waals surface area contributed by atoms with Crippen molar-refractivity contribution in [2.45, 2.75) is 205 Å². The molecule has 118 heavy (non-hydrogen) atoms. The molecule has 0 aliphatic carbocycles. The van der Waals surface area contributed by atoms with Crippen molar-refractivity contribution in [1.29, 1.82) is 0 Å². The summed E-state index contributed by atoms with van der Waals surface area (Å²) in [5.41, 5.74) is 6.85. The van der Waals surface area contributed by atoms with Crippen LogP contribution < -0.4 is 20.2 Å². The van der Waals surface area contributed by atoms with Gasteiger partial charge in [-0.15, -0.1) is 24.0 Å². The number of hydrogen-bond acceptors (Lipinski definition) is 20. The highest BCUT2D eigenvalue weighted by molar-refractivity contribution is 9.10. The second-order valence-electron chi connectivity index (χ2n) is 34.2. The molecule has 6 atom stereocenters. The van der Waals surface area contributed by atoms with E-state index in [1.54, 1.807) is 45.3 Å². The number of nitrogens with zero attached hydrogens (tertiary/aromatic N) is 8. The Morgan fingerprint density at radius 2 is 0.797 bits per heavy atom. The van der Waals surface area contributed by atoms with E-state index in [0.29, 0.717) is 99.5 Å². The van der Waals surface area contributed by atoms with Crippen LogP contribution in [0.25, 0.3) is 32.3 Å². The minimum atomic E-state index is -0.696. The number of aromatic nitrogens is 2. The molecule has 2 aromatic heterocycles. The molecule has 9 aliphatic heterocycles.